The van der Waals surface area contributed by atoms with Crippen LogP contribution in [0, 0.1) is 0 Å². The maximum atomic E-state index is 12.8. The number of hydrogen-bond donors (Lipinski definition) is 1. The minimum absolute atomic E-state index is 0.0872. The number of halogens is 3. The van der Waals surface area contributed by atoms with Crippen LogP contribution < -0.4 is 5.32 Å². The van der Waals surface area contributed by atoms with Crippen LogP contribution in [0.4, 0.5) is 13.2 Å². The lowest BCUT2D eigenvalue weighted by molar-refractivity contribution is -0.137. The van der Waals surface area contributed by atoms with Crippen molar-refractivity contribution in [3.8, 4) is 10.6 Å². The number of benzene rings is 1. The van der Waals surface area contributed by atoms with Gasteiger partial charge in [0.2, 0.25) is 5.91 Å². The highest BCUT2D eigenvalue weighted by Crippen LogP contribution is 2.31. The van der Waals surface area contributed by atoms with Crippen LogP contribution >= 0.6 is 22.7 Å². The van der Waals surface area contributed by atoms with E-state index >= 15 is 0 Å². The summed E-state index contributed by atoms with van der Waals surface area (Å²) in [7, 11) is 0. The molecule has 1 aromatic carbocycles. The molecule has 26 heavy (non-hydrogen) atoms. The summed E-state index contributed by atoms with van der Waals surface area (Å²) >= 11 is 3.03. The standard InChI is InChI=1S/C18H15F3N2OS2/c1-11(12-3-2-4-14(7-12)18(19,20)21)22-16(24)8-15-10-26-17(23-15)13-5-6-25-9-13/h2-7,9-11H,8H2,1H3,(H,22,24). The number of nitrogens with one attached hydrogen (secondary N) is 1. The van der Waals surface area contributed by atoms with Crippen LogP contribution in [0.3, 0.4) is 0 Å². The monoisotopic (exact) mass is 396 g/mol. The predicted molar refractivity (Wildman–Crippen MR) is 97.1 cm³/mol. The van der Waals surface area contributed by atoms with Gasteiger partial charge in [-0.2, -0.15) is 24.5 Å². The molecule has 1 unspecified atom stereocenters. The molecular weight excluding hydrogens is 381 g/mol. The number of amides is 1. The number of rotatable bonds is 5. The Hall–Kier alpha value is -2.19. The van der Waals surface area contributed by atoms with E-state index in [9.17, 15) is 18.0 Å². The van der Waals surface area contributed by atoms with E-state index in [1.54, 1.807) is 24.3 Å². The summed E-state index contributed by atoms with van der Waals surface area (Å²) in [5.41, 5.74) is 1.34. The first-order valence-corrected chi connectivity index (χ1v) is 9.58. The summed E-state index contributed by atoms with van der Waals surface area (Å²) in [4.78, 5) is 16.6. The van der Waals surface area contributed by atoms with Crippen LogP contribution in [0.15, 0.2) is 46.5 Å². The molecule has 0 spiro atoms. The minimum Gasteiger partial charge on any atom is -0.349 e. The molecule has 0 fully saturated rings. The van der Waals surface area contributed by atoms with Gasteiger partial charge < -0.3 is 5.32 Å². The zero-order valence-corrected chi connectivity index (χ0v) is 15.3. The average Bonchev–Trinajstić information content (AvgIpc) is 3.25. The van der Waals surface area contributed by atoms with Gasteiger partial charge in [-0.25, -0.2) is 4.98 Å². The zero-order valence-electron chi connectivity index (χ0n) is 13.7. The van der Waals surface area contributed by atoms with Gasteiger partial charge in [-0.15, -0.1) is 11.3 Å². The lowest BCUT2D eigenvalue weighted by atomic mass is 10.0. The van der Waals surface area contributed by atoms with Crippen molar-refractivity contribution in [1.82, 2.24) is 10.3 Å². The molecule has 1 amide bonds. The van der Waals surface area contributed by atoms with Crippen molar-refractivity contribution in [2.24, 2.45) is 0 Å². The van der Waals surface area contributed by atoms with Crippen molar-refractivity contribution in [2.45, 2.75) is 25.6 Å². The summed E-state index contributed by atoms with van der Waals surface area (Å²) < 4.78 is 38.4. The first-order valence-electron chi connectivity index (χ1n) is 7.76. The van der Waals surface area contributed by atoms with E-state index in [1.807, 2.05) is 22.2 Å². The molecule has 3 aromatic rings. The van der Waals surface area contributed by atoms with Crippen molar-refractivity contribution in [2.75, 3.05) is 0 Å². The fourth-order valence-corrected chi connectivity index (χ4v) is 3.96. The van der Waals surface area contributed by atoms with Crippen LogP contribution in [0.1, 0.15) is 29.8 Å². The highest BCUT2D eigenvalue weighted by atomic mass is 32.1. The first kappa shape index (κ1) is 18.6. The third kappa shape index (κ3) is 4.50. The summed E-state index contributed by atoms with van der Waals surface area (Å²) in [5, 5.41) is 9.34. The Morgan fingerprint density at radius 3 is 2.77 bits per heavy atom. The van der Waals surface area contributed by atoms with E-state index in [-0.39, 0.29) is 12.3 Å². The smallest absolute Gasteiger partial charge is 0.349 e. The number of hydrogen-bond acceptors (Lipinski definition) is 4. The lowest BCUT2D eigenvalue weighted by Gasteiger charge is -2.16. The van der Waals surface area contributed by atoms with E-state index in [0.717, 1.165) is 22.7 Å². The molecule has 0 aliphatic rings. The number of nitrogens with zero attached hydrogens (tertiary/aromatic N) is 1. The summed E-state index contributed by atoms with van der Waals surface area (Å²) in [6, 6.07) is 6.41. The van der Waals surface area contributed by atoms with E-state index in [1.165, 1.54) is 17.4 Å². The van der Waals surface area contributed by atoms with E-state index in [0.29, 0.717) is 11.3 Å². The Morgan fingerprint density at radius 1 is 1.27 bits per heavy atom. The molecule has 8 heteroatoms. The molecule has 0 saturated carbocycles. The molecule has 3 rings (SSSR count). The molecule has 0 aliphatic carbocycles. The van der Waals surface area contributed by atoms with Gasteiger partial charge in [0.15, 0.2) is 0 Å². The second-order valence-electron chi connectivity index (χ2n) is 5.75. The third-order valence-electron chi connectivity index (χ3n) is 3.75. The van der Waals surface area contributed by atoms with Crippen LogP contribution in [-0.2, 0) is 17.4 Å². The van der Waals surface area contributed by atoms with Gasteiger partial charge in [0.05, 0.1) is 23.7 Å². The molecule has 0 bridgehead atoms. The van der Waals surface area contributed by atoms with Crippen molar-refractivity contribution in [3.63, 3.8) is 0 Å². The highest BCUT2D eigenvalue weighted by molar-refractivity contribution is 7.14. The second kappa shape index (κ2) is 7.59. The van der Waals surface area contributed by atoms with E-state index in [2.05, 4.69) is 10.3 Å². The molecule has 136 valence electrons. The fraction of sp³-hybridized carbons (Fsp3) is 0.222. The van der Waals surface area contributed by atoms with Gasteiger partial charge >= 0.3 is 6.18 Å². The van der Waals surface area contributed by atoms with Crippen molar-refractivity contribution in [3.05, 3.63) is 63.3 Å². The van der Waals surface area contributed by atoms with Crippen molar-refractivity contribution < 1.29 is 18.0 Å². The van der Waals surface area contributed by atoms with Gasteiger partial charge in [-0.05, 0) is 36.1 Å². The number of carbonyl (C=O) groups is 1. The quantitative estimate of drug-likeness (QED) is 0.635. The molecule has 0 aliphatic heterocycles. The van der Waals surface area contributed by atoms with Gasteiger partial charge in [0.1, 0.15) is 5.01 Å². The Balaban J connectivity index is 1.63. The van der Waals surface area contributed by atoms with Crippen LogP contribution in [0.5, 0.6) is 0 Å². The predicted octanol–water partition coefficient (Wildman–Crippen LogP) is 5.31. The summed E-state index contributed by atoms with van der Waals surface area (Å²) in [6.45, 7) is 1.66. The van der Waals surface area contributed by atoms with Gasteiger partial charge in [-0.3, -0.25) is 4.79 Å². The largest absolute Gasteiger partial charge is 0.416 e. The van der Waals surface area contributed by atoms with E-state index in [4.69, 9.17) is 0 Å². The Morgan fingerprint density at radius 2 is 2.08 bits per heavy atom. The molecule has 1 atom stereocenters. The Bertz CT molecular complexity index is 888. The first-order chi connectivity index (χ1) is 12.3. The number of aromatic nitrogens is 1. The molecular formula is C18H15F3N2OS2. The van der Waals surface area contributed by atoms with Crippen LogP contribution in [0.2, 0.25) is 0 Å². The third-order valence-corrected chi connectivity index (χ3v) is 5.38. The average molecular weight is 396 g/mol. The molecule has 0 saturated heterocycles. The van der Waals surface area contributed by atoms with Gasteiger partial charge in [0.25, 0.3) is 0 Å². The van der Waals surface area contributed by atoms with Gasteiger partial charge in [0, 0.05) is 16.3 Å². The topological polar surface area (TPSA) is 42.0 Å². The lowest BCUT2D eigenvalue weighted by Crippen LogP contribution is -2.28. The number of thiazole rings is 1. The normalized spacial score (nSPS) is 12.8. The van der Waals surface area contributed by atoms with Crippen molar-refractivity contribution in [1.29, 1.82) is 0 Å². The number of carbonyl (C=O) groups excluding carboxylic acids is 1. The minimum atomic E-state index is -4.40. The Kier molecular flexibility index (Phi) is 5.43. The molecule has 0 radical (unpaired) electrons. The van der Waals surface area contributed by atoms with Crippen LogP contribution in [-0.4, -0.2) is 10.9 Å². The molecule has 2 heterocycles. The maximum absolute atomic E-state index is 12.8. The van der Waals surface area contributed by atoms with E-state index < -0.39 is 17.8 Å². The molecule has 2 aromatic heterocycles. The van der Waals surface area contributed by atoms with Gasteiger partial charge in [-0.1, -0.05) is 12.1 Å². The van der Waals surface area contributed by atoms with Crippen molar-refractivity contribution >= 4 is 28.6 Å². The number of alkyl halides is 3. The maximum Gasteiger partial charge on any atom is 0.416 e. The summed E-state index contributed by atoms with van der Waals surface area (Å²) in [5.74, 6) is -0.280. The van der Waals surface area contributed by atoms with Crippen LogP contribution in [0.25, 0.3) is 10.6 Å². The molecule has 3 nitrogen and oxygen atoms in total. The SMILES string of the molecule is CC(NC(=O)Cc1csc(-c2ccsc2)n1)c1cccc(C(F)(F)F)c1. The highest BCUT2D eigenvalue weighted by Gasteiger charge is 2.30. The number of thiophene rings is 1. The Labute approximate surface area is 156 Å². The fourth-order valence-electron chi connectivity index (χ4n) is 2.43. The summed E-state index contributed by atoms with van der Waals surface area (Å²) in [6.07, 6.45) is -4.32. The molecule has 1 N–H and O–H groups in total. The second-order valence-corrected chi connectivity index (χ2v) is 7.38. The zero-order chi connectivity index (χ0) is 18.7.